The van der Waals surface area contributed by atoms with Gasteiger partial charge >= 0.3 is 0 Å². The number of carbonyl (C=O) groups excluding carboxylic acids is 1. The number of fused-ring (bicyclic) bond motifs is 1. The first-order chi connectivity index (χ1) is 10.6. The van der Waals surface area contributed by atoms with Crippen LogP contribution in [0.15, 0.2) is 52.9 Å². The highest BCUT2D eigenvalue weighted by molar-refractivity contribution is 5.85. The van der Waals surface area contributed by atoms with Crippen molar-refractivity contribution in [3.63, 3.8) is 0 Å². The van der Waals surface area contributed by atoms with Gasteiger partial charge in [0.05, 0.1) is 6.42 Å². The molecule has 1 amide bonds. The first kappa shape index (κ1) is 14.4. The van der Waals surface area contributed by atoms with E-state index >= 15 is 0 Å². The predicted molar refractivity (Wildman–Crippen MR) is 87.7 cm³/mol. The highest BCUT2D eigenvalue weighted by atomic mass is 16.3. The first-order valence-corrected chi connectivity index (χ1v) is 7.42. The van der Waals surface area contributed by atoms with Gasteiger partial charge in [-0.3, -0.25) is 4.79 Å². The molecule has 112 valence electrons. The molecule has 0 unspecified atom stereocenters. The molecule has 0 spiro atoms. The Hall–Kier alpha value is -2.55. The van der Waals surface area contributed by atoms with Crippen LogP contribution in [0.2, 0.25) is 0 Å². The van der Waals surface area contributed by atoms with E-state index in [-0.39, 0.29) is 5.91 Å². The summed E-state index contributed by atoms with van der Waals surface area (Å²) in [6.07, 6.45) is 0.390. The van der Waals surface area contributed by atoms with Crippen molar-refractivity contribution >= 4 is 16.7 Å². The fourth-order valence-corrected chi connectivity index (χ4v) is 2.65. The van der Waals surface area contributed by atoms with Gasteiger partial charge in [0.25, 0.3) is 0 Å². The van der Waals surface area contributed by atoms with E-state index in [0.29, 0.717) is 13.0 Å². The first-order valence-electron chi connectivity index (χ1n) is 7.42. The number of hydrogen-bond donors (Lipinski definition) is 1. The van der Waals surface area contributed by atoms with Crippen molar-refractivity contribution in [1.82, 2.24) is 5.32 Å². The standard InChI is InChI=1S/C19H19NO2/c1-13-9-18(14(2)22-13)12-20-19(21)11-15-7-8-16-5-3-4-6-17(16)10-15/h3-10H,11-12H2,1-2H3,(H,20,21). The summed E-state index contributed by atoms with van der Waals surface area (Å²) in [6.45, 7) is 4.33. The van der Waals surface area contributed by atoms with Gasteiger partial charge in [-0.05, 0) is 36.2 Å². The average molecular weight is 293 g/mol. The van der Waals surface area contributed by atoms with Crippen LogP contribution in [-0.2, 0) is 17.8 Å². The lowest BCUT2D eigenvalue weighted by molar-refractivity contribution is -0.120. The SMILES string of the molecule is Cc1cc(CNC(=O)Cc2ccc3ccccc3c2)c(C)o1. The van der Waals surface area contributed by atoms with Crippen molar-refractivity contribution in [1.29, 1.82) is 0 Å². The highest BCUT2D eigenvalue weighted by Crippen LogP contribution is 2.16. The van der Waals surface area contributed by atoms with Crippen molar-refractivity contribution in [2.75, 3.05) is 0 Å². The quantitative estimate of drug-likeness (QED) is 0.792. The van der Waals surface area contributed by atoms with Crippen LogP contribution in [0.25, 0.3) is 10.8 Å². The van der Waals surface area contributed by atoms with E-state index in [0.717, 1.165) is 28.0 Å². The Morgan fingerprint density at radius 2 is 1.82 bits per heavy atom. The molecular weight excluding hydrogens is 274 g/mol. The summed E-state index contributed by atoms with van der Waals surface area (Å²) in [5, 5.41) is 5.30. The molecule has 3 heteroatoms. The zero-order valence-corrected chi connectivity index (χ0v) is 12.8. The maximum absolute atomic E-state index is 12.1. The van der Waals surface area contributed by atoms with Gasteiger partial charge in [0.15, 0.2) is 0 Å². The van der Waals surface area contributed by atoms with Gasteiger partial charge in [0.2, 0.25) is 5.91 Å². The number of aryl methyl sites for hydroxylation is 2. The van der Waals surface area contributed by atoms with Crippen molar-refractivity contribution < 1.29 is 9.21 Å². The Labute approximate surface area is 130 Å². The number of amides is 1. The number of rotatable bonds is 4. The van der Waals surface area contributed by atoms with Crippen LogP contribution in [0.5, 0.6) is 0 Å². The van der Waals surface area contributed by atoms with Crippen LogP contribution in [0.4, 0.5) is 0 Å². The molecule has 0 atom stereocenters. The summed E-state index contributed by atoms with van der Waals surface area (Å²) in [6, 6.07) is 16.3. The molecule has 0 aliphatic carbocycles. The minimum atomic E-state index is 0.0218. The molecule has 0 bridgehead atoms. The van der Waals surface area contributed by atoms with Gasteiger partial charge in [-0.1, -0.05) is 42.5 Å². The van der Waals surface area contributed by atoms with Crippen LogP contribution in [0.3, 0.4) is 0 Å². The average Bonchev–Trinajstić information content (AvgIpc) is 2.83. The molecule has 3 rings (SSSR count). The Morgan fingerprint density at radius 3 is 2.55 bits per heavy atom. The van der Waals surface area contributed by atoms with Gasteiger partial charge in [-0.25, -0.2) is 0 Å². The molecular formula is C19H19NO2. The summed E-state index contributed by atoms with van der Waals surface area (Å²) in [4.78, 5) is 12.1. The topological polar surface area (TPSA) is 42.2 Å². The predicted octanol–water partition coefficient (Wildman–Crippen LogP) is 3.91. The van der Waals surface area contributed by atoms with Crippen LogP contribution in [0, 0.1) is 13.8 Å². The van der Waals surface area contributed by atoms with E-state index in [2.05, 4.69) is 29.6 Å². The molecule has 22 heavy (non-hydrogen) atoms. The minimum Gasteiger partial charge on any atom is -0.466 e. The van der Waals surface area contributed by atoms with E-state index in [1.54, 1.807) is 0 Å². The second-order valence-electron chi connectivity index (χ2n) is 5.57. The van der Waals surface area contributed by atoms with E-state index in [4.69, 9.17) is 4.42 Å². The fourth-order valence-electron chi connectivity index (χ4n) is 2.65. The van der Waals surface area contributed by atoms with E-state index < -0.39 is 0 Å². The molecule has 0 saturated heterocycles. The third-order valence-electron chi connectivity index (χ3n) is 3.80. The Bertz CT molecular complexity index is 817. The van der Waals surface area contributed by atoms with Crippen molar-refractivity contribution in [2.24, 2.45) is 0 Å². The largest absolute Gasteiger partial charge is 0.466 e. The number of furan rings is 1. The van der Waals surface area contributed by atoms with Crippen molar-refractivity contribution in [3.05, 3.63) is 71.2 Å². The highest BCUT2D eigenvalue weighted by Gasteiger charge is 2.08. The van der Waals surface area contributed by atoms with E-state index in [1.165, 1.54) is 5.39 Å². The van der Waals surface area contributed by atoms with E-state index in [1.807, 2.05) is 38.1 Å². The minimum absolute atomic E-state index is 0.0218. The Kier molecular flexibility index (Phi) is 3.96. The zero-order chi connectivity index (χ0) is 15.5. The molecule has 0 fully saturated rings. The van der Waals surface area contributed by atoms with Crippen LogP contribution in [-0.4, -0.2) is 5.91 Å². The molecule has 0 saturated carbocycles. The van der Waals surface area contributed by atoms with Gasteiger partial charge in [-0.2, -0.15) is 0 Å². The second kappa shape index (κ2) is 6.06. The molecule has 1 aromatic heterocycles. The summed E-state index contributed by atoms with van der Waals surface area (Å²) in [5.41, 5.74) is 2.06. The third kappa shape index (κ3) is 3.19. The lowest BCUT2D eigenvalue weighted by Gasteiger charge is -2.06. The molecule has 0 aliphatic heterocycles. The molecule has 3 nitrogen and oxygen atoms in total. The van der Waals surface area contributed by atoms with Crippen molar-refractivity contribution in [3.8, 4) is 0 Å². The molecule has 3 aromatic rings. The summed E-state index contributed by atoms with van der Waals surface area (Å²) in [7, 11) is 0. The maximum atomic E-state index is 12.1. The number of benzene rings is 2. The lowest BCUT2D eigenvalue weighted by atomic mass is 10.0. The summed E-state index contributed by atoms with van der Waals surface area (Å²) < 4.78 is 5.46. The van der Waals surface area contributed by atoms with Gasteiger partial charge in [-0.15, -0.1) is 0 Å². The number of carbonyl (C=O) groups is 1. The normalized spacial score (nSPS) is 10.8. The fraction of sp³-hybridized carbons (Fsp3) is 0.211. The Morgan fingerprint density at radius 1 is 1.05 bits per heavy atom. The van der Waals surface area contributed by atoms with Crippen LogP contribution in [0.1, 0.15) is 22.6 Å². The summed E-state index contributed by atoms with van der Waals surface area (Å²) in [5.74, 6) is 1.76. The molecule has 1 heterocycles. The monoisotopic (exact) mass is 293 g/mol. The number of nitrogens with one attached hydrogen (secondary N) is 1. The van der Waals surface area contributed by atoms with Gasteiger partial charge in [0, 0.05) is 12.1 Å². The van der Waals surface area contributed by atoms with Gasteiger partial charge < -0.3 is 9.73 Å². The van der Waals surface area contributed by atoms with E-state index in [9.17, 15) is 4.79 Å². The molecule has 0 aliphatic rings. The third-order valence-corrected chi connectivity index (χ3v) is 3.80. The molecule has 1 N–H and O–H groups in total. The van der Waals surface area contributed by atoms with Crippen LogP contribution < -0.4 is 5.32 Å². The lowest BCUT2D eigenvalue weighted by Crippen LogP contribution is -2.24. The van der Waals surface area contributed by atoms with Gasteiger partial charge in [0.1, 0.15) is 11.5 Å². The van der Waals surface area contributed by atoms with Crippen molar-refractivity contribution in [2.45, 2.75) is 26.8 Å². The second-order valence-corrected chi connectivity index (χ2v) is 5.57. The molecule has 2 aromatic carbocycles. The smallest absolute Gasteiger partial charge is 0.224 e. The summed E-state index contributed by atoms with van der Waals surface area (Å²) >= 11 is 0. The maximum Gasteiger partial charge on any atom is 0.224 e. The Balaban J connectivity index is 1.64. The zero-order valence-electron chi connectivity index (χ0n) is 12.8. The molecule has 0 radical (unpaired) electrons. The van der Waals surface area contributed by atoms with Crippen LogP contribution >= 0.6 is 0 Å². The number of hydrogen-bond acceptors (Lipinski definition) is 2.